The first-order chi connectivity index (χ1) is 8.65. The minimum atomic E-state index is -0.292. The lowest BCUT2D eigenvalue weighted by Gasteiger charge is -2.06. The van der Waals surface area contributed by atoms with Crippen LogP contribution in [0.5, 0.6) is 0 Å². The molecule has 7 nitrogen and oxygen atoms in total. The molecule has 0 aliphatic carbocycles. The van der Waals surface area contributed by atoms with Gasteiger partial charge in [-0.2, -0.15) is 5.21 Å². The number of hydrogen-bond acceptors (Lipinski definition) is 5. The maximum Gasteiger partial charge on any atom is 0.269 e. The number of benzene rings is 1. The molecule has 2 rings (SSSR count). The molecule has 0 saturated heterocycles. The summed E-state index contributed by atoms with van der Waals surface area (Å²) in [5.41, 5.74) is 1.53. The molecule has 92 valence electrons. The number of hydrogen-bond donors (Lipinski definition) is 3. The Kier molecular flexibility index (Phi) is 3.58. The van der Waals surface area contributed by atoms with Gasteiger partial charge in [-0.25, -0.2) is 0 Å². The number of aryl methyl sites for hydroxylation is 1. The van der Waals surface area contributed by atoms with Crippen molar-refractivity contribution < 1.29 is 4.79 Å². The number of nitrogens with one attached hydrogen (secondary N) is 3. The van der Waals surface area contributed by atoms with Crippen molar-refractivity contribution >= 4 is 29.2 Å². The lowest BCUT2D eigenvalue weighted by atomic mass is 10.1. The molecule has 0 fully saturated rings. The third-order valence-corrected chi connectivity index (χ3v) is 2.28. The van der Waals surface area contributed by atoms with Crippen LogP contribution < -0.4 is 10.6 Å². The van der Waals surface area contributed by atoms with Crippen LogP contribution in [0.3, 0.4) is 0 Å². The predicted molar refractivity (Wildman–Crippen MR) is 69.0 cm³/mol. The van der Waals surface area contributed by atoms with Crippen LogP contribution in [0.25, 0.3) is 0 Å². The molecule has 18 heavy (non-hydrogen) atoms. The summed E-state index contributed by atoms with van der Waals surface area (Å²) >= 11 is 4.95. The van der Waals surface area contributed by atoms with Crippen LogP contribution in [-0.2, 0) is 0 Å². The monoisotopic (exact) mass is 262 g/mol. The molecule has 0 unspecified atom stereocenters. The van der Waals surface area contributed by atoms with Gasteiger partial charge in [-0.1, -0.05) is 22.8 Å². The summed E-state index contributed by atoms with van der Waals surface area (Å²) in [5, 5.41) is 18.2. The van der Waals surface area contributed by atoms with Crippen LogP contribution in [-0.4, -0.2) is 31.6 Å². The fourth-order valence-electron chi connectivity index (χ4n) is 1.31. The van der Waals surface area contributed by atoms with E-state index < -0.39 is 0 Å². The van der Waals surface area contributed by atoms with Crippen LogP contribution in [0.4, 0.5) is 5.95 Å². The van der Waals surface area contributed by atoms with Crippen molar-refractivity contribution in [2.75, 3.05) is 5.32 Å². The van der Waals surface area contributed by atoms with Gasteiger partial charge in [-0.05, 0) is 36.5 Å². The molecule has 8 heteroatoms. The van der Waals surface area contributed by atoms with Gasteiger partial charge in [0.2, 0.25) is 0 Å². The van der Waals surface area contributed by atoms with Crippen LogP contribution >= 0.6 is 12.2 Å². The minimum absolute atomic E-state index is 0.114. The standard InChI is InChI=1S/C10H10N6OS/c1-6-3-2-4-7(5-6)8(17)11-10(18)12-9-13-15-16-14-9/h2-5H,1H3,(H3,11,12,13,14,15,16,17,18). The number of anilines is 1. The number of carbonyl (C=O) groups excluding carboxylic acids is 1. The number of aromatic nitrogens is 4. The van der Waals surface area contributed by atoms with Gasteiger partial charge >= 0.3 is 0 Å². The molecule has 0 atom stereocenters. The van der Waals surface area contributed by atoms with E-state index in [1.807, 2.05) is 13.0 Å². The topological polar surface area (TPSA) is 95.6 Å². The van der Waals surface area contributed by atoms with Crippen molar-refractivity contribution in [2.24, 2.45) is 0 Å². The molecule has 0 saturated carbocycles. The van der Waals surface area contributed by atoms with E-state index in [-0.39, 0.29) is 17.0 Å². The van der Waals surface area contributed by atoms with Gasteiger partial charge in [0, 0.05) is 5.56 Å². The van der Waals surface area contributed by atoms with Crippen molar-refractivity contribution in [3.8, 4) is 0 Å². The fourth-order valence-corrected chi connectivity index (χ4v) is 1.49. The van der Waals surface area contributed by atoms with E-state index >= 15 is 0 Å². The summed E-state index contributed by atoms with van der Waals surface area (Å²) in [4.78, 5) is 11.8. The Hall–Kier alpha value is -2.35. The molecule has 0 bridgehead atoms. The predicted octanol–water partition coefficient (Wildman–Crippen LogP) is 0.635. The van der Waals surface area contributed by atoms with E-state index in [9.17, 15) is 4.79 Å². The third kappa shape index (κ3) is 3.08. The Balaban J connectivity index is 1.97. The summed E-state index contributed by atoms with van der Waals surface area (Å²) in [5.74, 6) is -0.0933. The SMILES string of the molecule is Cc1cccc(C(=O)NC(=S)Nc2nn[nH]n2)c1. The molecule has 0 spiro atoms. The van der Waals surface area contributed by atoms with Crippen molar-refractivity contribution in [1.82, 2.24) is 25.9 Å². The highest BCUT2D eigenvalue weighted by molar-refractivity contribution is 7.80. The third-order valence-electron chi connectivity index (χ3n) is 2.08. The summed E-state index contributed by atoms with van der Waals surface area (Å²) in [6.07, 6.45) is 0. The van der Waals surface area contributed by atoms with Crippen LogP contribution in [0.15, 0.2) is 24.3 Å². The largest absolute Gasteiger partial charge is 0.299 e. The van der Waals surface area contributed by atoms with Gasteiger partial charge in [0.1, 0.15) is 0 Å². The van der Waals surface area contributed by atoms with Gasteiger partial charge in [-0.15, -0.1) is 5.10 Å². The zero-order valence-corrected chi connectivity index (χ0v) is 10.3. The number of carbonyl (C=O) groups is 1. The van der Waals surface area contributed by atoms with E-state index in [2.05, 4.69) is 31.3 Å². The Morgan fingerprint density at radius 3 is 2.94 bits per heavy atom. The number of thiocarbonyl (C=S) groups is 1. The normalized spacial score (nSPS) is 9.83. The zero-order chi connectivity index (χ0) is 13.0. The smallest absolute Gasteiger partial charge is 0.269 e. The molecule has 3 N–H and O–H groups in total. The van der Waals surface area contributed by atoms with Crippen molar-refractivity contribution in [2.45, 2.75) is 6.92 Å². The van der Waals surface area contributed by atoms with Gasteiger partial charge in [-0.3, -0.25) is 15.4 Å². The second kappa shape index (κ2) is 5.32. The van der Waals surface area contributed by atoms with Gasteiger partial charge in [0.15, 0.2) is 5.11 Å². The van der Waals surface area contributed by atoms with E-state index in [4.69, 9.17) is 12.2 Å². The van der Waals surface area contributed by atoms with Crippen molar-refractivity contribution in [1.29, 1.82) is 0 Å². The van der Waals surface area contributed by atoms with Crippen LogP contribution in [0, 0.1) is 6.92 Å². The molecule has 1 amide bonds. The number of H-pyrrole nitrogens is 1. The summed E-state index contributed by atoms with van der Waals surface area (Å²) in [6.45, 7) is 1.91. The Bertz CT molecular complexity index is 568. The number of aromatic amines is 1. The highest BCUT2D eigenvalue weighted by Crippen LogP contribution is 2.03. The van der Waals surface area contributed by atoms with Gasteiger partial charge < -0.3 is 0 Å². The second-order valence-corrected chi connectivity index (χ2v) is 3.92. The van der Waals surface area contributed by atoms with Crippen LogP contribution in [0.1, 0.15) is 15.9 Å². The Labute approximate surface area is 108 Å². The van der Waals surface area contributed by atoms with Crippen molar-refractivity contribution in [3.63, 3.8) is 0 Å². The maximum absolute atomic E-state index is 11.8. The summed E-state index contributed by atoms with van der Waals surface area (Å²) < 4.78 is 0. The average molecular weight is 262 g/mol. The molecule has 0 radical (unpaired) electrons. The zero-order valence-electron chi connectivity index (χ0n) is 9.47. The molecular weight excluding hydrogens is 252 g/mol. The molecular formula is C10H10N6OS. The first-order valence-corrected chi connectivity index (χ1v) is 5.48. The molecule has 1 aromatic carbocycles. The minimum Gasteiger partial charge on any atom is -0.299 e. The summed E-state index contributed by atoms with van der Waals surface area (Å²) in [7, 11) is 0. The number of nitrogens with zero attached hydrogens (tertiary/aromatic N) is 3. The number of amides is 1. The van der Waals surface area contributed by atoms with E-state index in [1.54, 1.807) is 18.2 Å². The quantitative estimate of drug-likeness (QED) is 0.687. The molecule has 1 heterocycles. The first-order valence-electron chi connectivity index (χ1n) is 5.07. The Morgan fingerprint density at radius 2 is 2.28 bits per heavy atom. The van der Waals surface area contributed by atoms with Crippen LogP contribution in [0.2, 0.25) is 0 Å². The number of tetrazole rings is 1. The molecule has 0 aliphatic heterocycles. The Morgan fingerprint density at radius 1 is 1.44 bits per heavy atom. The first kappa shape index (κ1) is 12.1. The lowest BCUT2D eigenvalue weighted by Crippen LogP contribution is -2.34. The number of rotatable bonds is 2. The summed E-state index contributed by atoms with van der Waals surface area (Å²) in [6, 6.07) is 7.19. The van der Waals surface area contributed by atoms with Gasteiger partial charge in [0.25, 0.3) is 11.9 Å². The maximum atomic E-state index is 11.8. The van der Waals surface area contributed by atoms with Gasteiger partial charge in [0.05, 0.1) is 0 Å². The average Bonchev–Trinajstić information content (AvgIpc) is 2.81. The molecule has 2 aromatic rings. The molecule has 1 aromatic heterocycles. The van der Waals surface area contributed by atoms with E-state index in [0.29, 0.717) is 5.56 Å². The second-order valence-electron chi connectivity index (χ2n) is 3.51. The van der Waals surface area contributed by atoms with E-state index in [0.717, 1.165) is 5.56 Å². The lowest BCUT2D eigenvalue weighted by molar-refractivity contribution is 0.0977. The fraction of sp³-hybridized carbons (Fsp3) is 0.100. The highest BCUT2D eigenvalue weighted by Gasteiger charge is 2.08. The molecule has 0 aliphatic rings. The van der Waals surface area contributed by atoms with E-state index in [1.165, 1.54) is 0 Å². The highest BCUT2D eigenvalue weighted by atomic mass is 32.1. The van der Waals surface area contributed by atoms with Crippen molar-refractivity contribution in [3.05, 3.63) is 35.4 Å².